The van der Waals surface area contributed by atoms with Gasteiger partial charge in [-0.2, -0.15) is 0 Å². The minimum Gasteiger partial charge on any atom is -0.393 e. The molecule has 0 spiro atoms. The van der Waals surface area contributed by atoms with Crippen molar-refractivity contribution in [1.82, 2.24) is 0 Å². The molecule has 1 aliphatic carbocycles. The Morgan fingerprint density at radius 2 is 1.79 bits per heavy atom. The summed E-state index contributed by atoms with van der Waals surface area (Å²) in [6, 6.07) is 0. The zero-order chi connectivity index (χ0) is 10.6. The van der Waals surface area contributed by atoms with E-state index in [2.05, 4.69) is 0 Å². The fraction of sp³-hybridized carbons (Fsp3) is 1.00. The van der Waals surface area contributed by atoms with Crippen molar-refractivity contribution >= 4 is 0 Å². The van der Waals surface area contributed by atoms with Crippen LogP contribution in [0.1, 0.15) is 58.8 Å². The molecule has 0 radical (unpaired) electrons. The molecule has 0 aliphatic heterocycles. The molecule has 0 bridgehead atoms. The SMILES string of the molecule is CCC(C)(O)CCC1CCC(O)CC1. The topological polar surface area (TPSA) is 40.5 Å². The van der Waals surface area contributed by atoms with Crippen molar-refractivity contribution in [3.63, 3.8) is 0 Å². The summed E-state index contributed by atoms with van der Waals surface area (Å²) >= 11 is 0. The summed E-state index contributed by atoms with van der Waals surface area (Å²) in [7, 11) is 0. The van der Waals surface area contributed by atoms with Crippen molar-refractivity contribution in [2.24, 2.45) is 5.92 Å². The van der Waals surface area contributed by atoms with E-state index in [1.54, 1.807) is 0 Å². The highest BCUT2D eigenvalue weighted by Gasteiger charge is 2.23. The van der Waals surface area contributed by atoms with E-state index in [0.717, 1.165) is 50.9 Å². The molecule has 1 rings (SSSR count). The molecule has 1 fully saturated rings. The van der Waals surface area contributed by atoms with Crippen LogP contribution < -0.4 is 0 Å². The first-order chi connectivity index (χ1) is 6.53. The number of hydrogen-bond donors (Lipinski definition) is 2. The Morgan fingerprint density at radius 1 is 1.21 bits per heavy atom. The van der Waals surface area contributed by atoms with Crippen LogP contribution in [-0.4, -0.2) is 21.9 Å². The third kappa shape index (κ3) is 3.97. The molecule has 1 saturated carbocycles. The summed E-state index contributed by atoms with van der Waals surface area (Å²) in [5.74, 6) is 0.733. The molecule has 0 aromatic heterocycles. The second kappa shape index (κ2) is 5.13. The van der Waals surface area contributed by atoms with Gasteiger partial charge in [0, 0.05) is 0 Å². The average molecular weight is 200 g/mol. The molecule has 2 nitrogen and oxygen atoms in total. The van der Waals surface area contributed by atoms with Crippen molar-refractivity contribution in [3.05, 3.63) is 0 Å². The van der Waals surface area contributed by atoms with Gasteiger partial charge in [-0.05, 0) is 57.8 Å². The van der Waals surface area contributed by atoms with Crippen LogP contribution in [0.25, 0.3) is 0 Å². The van der Waals surface area contributed by atoms with E-state index in [9.17, 15) is 10.2 Å². The lowest BCUT2D eigenvalue weighted by molar-refractivity contribution is 0.0338. The van der Waals surface area contributed by atoms with E-state index < -0.39 is 5.60 Å². The van der Waals surface area contributed by atoms with Crippen molar-refractivity contribution in [3.8, 4) is 0 Å². The van der Waals surface area contributed by atoms with Crippen LogP contribution in [0.15, 0.2) is 0 Å². The van der Waals surface area contributed by atoms with Gasteiger partial charge >= 0.3 is 0 Å². The fourth-order valence-corrected chi connectivity index (χ4v) is 2.13. The molecule has 1 atom stereocenters. The van der Waals surface area contributed by atoms with Crippen LogP contribution in [0.5, 0.6) is 0 Å². The molecule has 14 heavy (non-hydrogen) atoms. The predicted octanol–water partition coefficient (Wildman–Crippen LogP) is 2.48. The first-order valence-corrected chi connectivity index (χ1v) is 5.94. The molecule has 0 amide bonds. The molecule has 0 aromatic carbocycles. The molecule has 2 N–H and O–H groups in total. The van der Waals surface area contributed by atoms with Crippen molar-refractivity contribution in [2.75, 3.05) is 0 Å². The van der Waals surface area contributed by atoms with E-state index in [1.165, 1.54) is 0 Å². The van der Waals surface area contributed by atoms with E-state index in [1.807, 2.05) is 13.8 Å². The van der Waals surface area contributed by atoms with Crippen LogP contribution in [0.2, 0.25) is 0 Å². The third-order valence-corrected chi connectivity index (χ3v) is 3.67. The van der Waals surface area contributed by atoms with Gasteiger partial charge < -0.3 is 10.2 Å². The lowest BCUT2D eigenvalue weighted by Crippen LogP contribution is -2.25. The fourth-order valence-electron chi connectivity index (χ4n) is 2.13. The van der Waals surface area contributed by atoms with Gasteiger partial charge in [-0.3, -0.25) is 0 Å². The monoisotopic (exact) mass is 200 g/mol. The Labute approximate surface area is 87.3 Å². The maximum Gasteiger partial charge on any atom is 0.0617 e. The van der Waals surface area contributed by atoms with Gasteiger partial charge in [-0.25, -0.2) is 0 Å². The highest BCUT2D eigenvalue weighted by molar-refractivity contribution is 4.76. The Balaban J connectivity index is 2.19. The first-order valence-electron chi connectivity index (χ1n) is 5.94. The van der Waals surface area contributed by atoms with Gasteiger partial charge in [0.05, 0.1) is 11.7 Å². The lowest BCUT2D eigenvalue weighted by atomic mass is 9.82. The normalized spacial score (nSPS) is 32.6. The summed E-state index contributed by atoms with van der Waals surface area (Å²) in [5, 5.41) is 19.2. The summed E-state index contributed by atoms with van der Waals surface area (Å²) in [6.07, 6.45) is 7.00. The molecule has 0 saturated heterocycles. The second-order valence-electron chi connectivity index (χ2n) is 5.06. The van der Waals surface area contributed by atoms with Crippen LogP contribution >= 0.6 is 0 Å². The van der Waals surface area contributed by atoms with E-state index in [0.29, 0.717) is 0 Å². The highest BCUT2D eigenvalue weighted by Crippen LogP contribution is 2.30. The maximum atomic E-state index is 9.86. The summed E-state index contributed by atoms with van der Waals surface area (Å²) in [4.78, 5) is 0. The molecule has 2 heteroatoms. The van der Waals surface area contributed by atoms with E-state index >= 15 is 0 Å². The third-order valence-electron chi connectivity index (χ3n) is 3.67. The summed E-state index contributed by atoms with van der Waals surface area (Å²) < 4.78 is 0. The number of rotatable bonds is 4. The van der Waals surface area contributed by atoms with Crippen LogP contribution in [0.3, 0.4) is 0 Å². The highest BCUT2D eigenvalue weighted by atomic mass is 16.3. The maximum absolute atomic E-state index is 9.86. The summed E-state index contributed by atoms with van der Waals surface area (Å²) in [5.41, 5.74) is -0.476. The molecule has 0 heterocycles. The Bertz CT molecular complexity index is 158. The second-order valence-corrected chi connectivity index (χ2v) is 5.06. The standard InChI is InChI=1S/C12H24O2/c1-3-12(2,14)9-8-10-4-6-11(13)7-5-10/h10-11,13-14H,3-9H2,1-2H3. The lowest BCUT2D eigenvalue weighted by Gasteiger charge is -2.28. The number of aliphatic hydroxyl groups excluding tert-OH is 1. The summed E-state index contributed by atoms with van der Waals surface area (Å²) in [6.45, 7) is 3.95. The average Bonchev–Trinajstić information content (AvgIpc) is 2.17. The first kappa shape index (κ1) is 12.0. The zero-order valence-corrected chi connectivity index (χ0v) is 9.50. The minimum absolute atomic E-state index is 0.0575. The van der Waals surface area contributed by atoms with Gasteiger partial charge in [0.2, 0.25) is 0 Å². The molecule has 1 unspecified atom stereocenters. The van der Waals surface area contributed by atoms with Gasteiger partial charge in [0.15, 0.2) is 0 Å². The quantitative estimate of drug-likeness (QED) is 0.732. The van der Waals surface area contributed by atoms with Crippen molar-refractivity contribution < 1.29 is 10.2 Å². The van der Waals surface area contributed by atoms with Gasteiger partial charge in [-0.1, -0.05) is 6.92 Å². The van der Waals surface area contributed by atoms with Crippen LogP contribution in [-0.2, 0) is 0 Å². The molecular weight excluding hydrogens is 176 g/mol. The molecule has 1 aliphatic rings. The van der Waals surface area contributed by atoms with Crippen molar-refractivity contribution in [2.45, 2.75) is 70.5 Å². The predicted molar refractivity (Wildman–Crippen MR) is 58.1 cm³/mol. The minimum atomic E-state index is -0.476. The van der Waals surface area contributed by atoms with E-state index in [-0.39, 0.29) is 6.10 Å². The number of aliphatic hydroxyl groups is 2. The zero-order valence-electron chi connectivity index (χ0n) is 9.50. The van der Waals surface area contributed by atoms with Crippen molar-refractivity contribution in [1.29, 1.82) is 0 Å². The van der Waals surface area contributed by atoms with Crippen LogP contribution in [0.4, 0.5) is 0 Å². The Morgan fingerprint density at radius 3 is 2.29 bits per heavy atom. The number of hydrogen-bond acceptors (Lipinski definition) is 2. The van der Waals surface area contributed by atoms with Gasteiger partial charge in [0.1, 0.15) is 0 Å². The van der Waals surface area contributed by atoms with Gasteiger partial charge in [-0.15, -0.1) is 0 Å². The largest absolute Gasteiger partial charge is 0.393 e. The smallest absolute Gasteiger partial charge is 0.0617 e. The van der Waals surface area contributed by atoms with Crippen LogP contribution in [0, 0.1) is 5.92 Å². The molecule has 84 valence electrons. The Hall–Kier alpha value is -0.0800. The van der Waals surface area contributed by atoms with E-state index in [4.69, 9.17) is 0 Å². The van der Waals surface area contributed by atoms with Gasteiger partial charge in [0.25, 0.3) is 0 Å². The molecule has 0 aromatic rings. The Kier molecular flexibility index (Phi) is 4.39. The molecular formula is C12H24O2.